The minimum Gasteiger partial charge on any atom is -0.507 e. The first kappa shape index (κ1) is 34.9. The van der Waals surface area contributed by atoms with Gasteiger partial charge in [-0.05, 0) is 73.9 Å². The van der Waals surface area contributed by atoms with E-state index in [1.54, 1.807) is 17.0 Å². The van der Waals surface area contributed by atoms with Crippen LogP contribution in [0.1, 0.15) is 54.4 Å². The van der Waals surface area contributed by atoms with Gasteiger partial charge in [0.2, 0.25) is 11.8 Å². The summed E-state index contributed by atoms with van der Waals surface area (Å²) in [5.41, 5.74) is 3.69. The number of phenolic OH excluding ortho intramolecular Hbond substituents is 1. The van der Waals surface area contributed by atoms with Crippen LogP contribution in [0.15, 0.2) is 48.5 Å². The van der Waals surface area contributed by atoms with Gasteiger partial charge in [-0.2, -0.15) is 0 Å². The fraction of sp³-hybridized carbons (Fsp3) is 0.525. The highest BCUT2D eigenvalue weighted by Crippen LogP contribution is 2.38. The van der Waals surface area contributed by atoms with E-state index in [4.69, 9.17) is 0 Å². The Kier molecular flexibility index (Phi) is 9.12. The average molecular weight is 738 g/mol. The third kappa shape index (κ3) is 6.74. The van der Waals surface area contributed by atoms with E-state index in [1.165, 1.54) is 0 Å². The second-order valence-electron chi connectivity index (χ2n) is 16.1. The number of rotatable bonds is 7. The Bertz CT molecular complexity index is 1950. The monoisotopic (exact) mass is 737 g/mol. The molecule has 3 N–H and O–H groups in total. The zero-order valence-electron chi connectivity index (χ0n) is 30.6. The van der Waals surface area contributed by atoms with Crippen molar-refractivity contribution in [2.75, 3.05) is 80.6 Å². The number of benzene rings is 2. The number of fused-ring (bicyclic) bond motifs is 4. The van der Waals surface area contributed by atoms with Crippen LogP contribution in [0.4, 0.5) is 21.6 Å². The van der Waals surface area contributed by atoms with Gasteiger partial charge < -0.3 is 30.0 Å². The highest BCUT2D eigenvalue weighted by atomic mass is 19.1. The molecule has 9 rings (SSSR count). The summed E-state index contributed by atoms with van der Waals surface area (Å²) in [6.07, 6.45) is 3.81. The summed E-state index contributed by atoms with van der Waals surface area (Å²) in [6.45, 7) is 8.30. The van der Waals surface area contributed by atoms with Gasteiger partial charge in [0.1, 0.15) is 17.5 Å². The van der Waals surface area contributed by atoms with Gasteiger partial charge in [-0.25, -0.2) is 4.39 Å². The Morgan fingerprint density at radius 3 is 2.48 bits per heavy atom. The van der Waals surface area contributed by atoms with Gasteiger partial charge in [0.15, 0.2) is 5.82 Å². The molecule has 1 unspecified atom stereocenters. The third-order valence-electron chi connectivity index (χ3n) is 12.6. The number of anilines is 3. The van der Waals surface area contributed by atoms with Crippen LogP contribution in [0.5, 0.6) is 5.75 Å². The van der Waals surface area contributed by atoms with Gasteiger partial charge in [-0.15, -0.1) is 10.2 Å². The number of imide groups is 1. The van der Waals surface area contributed by atoms with Crippen LogP contribution in [-0.4, -0.2) is 131 Å². The van der Waals surface area contributed by atoms with Crippen molar-refractivity contribution < 1.29 is 23.9 Å². The lowest BCUT2D eigenvalue weighted by Gasteiger charge is -2.48. The maximum atomic E-state index is 16.4. The van der Waals surface area contributed by atoms with Crippen molar-refractivity contribution >= 4 is 34.9 Å². The number of likely N-dealkylation sites (tertiary alicyclic amines) is 1. The average Bonchev–Trinajstić information content (AvgIpc) is 3.50. The molecule has 3 aromatic rings. The minimum absolute atomic E-state index is 0.139. The molecule has 7 heterocycles. The molecule has 0 radical (unpaired) electrons. The van der Waals surface area contributed by atoms with Crippen LogP contribution in [0, 0.1) is 5.92 Å². The van der Waals surface area contributed by atoms with Crippen LogP contribution in [-0.2, 0) is 16.1 Å². The number of carbonyl (C=O) groups is 3. The first-order chi connectivity index (χ1) is 26.2. The number of carbonyl (C=O) groups excluding carboxylic acids is 3. The summed E-state index contributed by atoms with van der Waals surface area (Å²) in [5, 5.41) is 25.0. The van der Waals surface area contributed by atoms with E-state index >= 15 is 4.39 Å². The van der Waals surface area contributed by atoms with E-state index in [9.17, 15) is 19.5 Å². The topological polar surface area (TPSA) is 137 Å². The van der Waals surface area contributed by atoms with E-state index in [0.717, 1.165) is 94.5 Å². The number of amides is 3. The molecule has 0 spiro atoms. The Labute approximate surface area is 314 Å². The highest BCUT2D eigenvalue weighted by Gasteiger charge is 2.41. The second kappa shape index (κ2) is 14.1. The maximum absolute atomic E-state index is 16.4. The van der Waals surface area contributed by atoms with E-state index in [-0.39, 0.29) is 35.9 Å². The smallest absolute Gasteiger partial charge is 0.255 e. The lowest BCUT2D eigenvalue weighted by atomic mass is 9.90. The highest BCUT2D eigenvalue weighted by molar-refractivity contribution is 6.05. The molecule has 0 bridgehead atoms. The summed E-state index contributed by atoms with van der Waals surface area (Å²) in [7, 11) is 0. The third-order valence-corrected chi connectivity index (χ3v) is 12.6. The fourth-order valence-electron chi connectivity index (χ4n) is 9.49. The molecular formula is C40H48FN9O4. The van der Waals surface area contributed by atoms with Gasteiger partial charge in [0, 0.05) is 95.2 Å². The van der Waals surface area contributed by atoms with E-state index in [1.807, 2.05) is 30.3 Å². The Balaban J connectivity index is 0.738. The molecule has 2 aromatic carbocycles. The number of piperazine rings is 1. The summed E-state index contributed by atoms with van der Waals surface area (Å²) < 4.78 is 16.4. The van der Waals surface area contributed by atoms with Crippen molar-refractivity contribution in [1.29, 1.82) is 0 Å². The van der Waals surface area contributed by atoms with Crippen molar-refractivity contribution in [3.63, 3.8) is 0 Å². The van der Waals surface area contributed by atoms with Crippen molar-refractivity contribution in [2.45, 2.75) is 62.8 Å². The predicted molar refractivity (Wildman–Crippen MR) is 202 cm³/mol. The molecular weight excluding hydrogens is 689 g/mol. The van der Waals surface area contributed by atoms with Crippen molar-refractivity contribution in [2.24, 2.45) is 5.92 Å². The molecule has 4 fully saturated rings. The molecule has 0 aliphatic carbocycles. The summed E-state index contributed by atoms with van der Waals surface area (Å²) in [5.74, 6) is 0.671. The van der Waals surface area contributed by atoms with E-state index in [0.29, 0.717) is 55.1 Å². The number of para-hydroxylation sites is 1. The molecule has 1 aromatic heterocycles. The number of alkyl halides is 1. The maximum Gasteiger partial charge on any atom is 0.255 e. The van der Waals surface area contributed by atoms with Crippen molar-refractivity contribution in [3.05, 3.63) is 59.7 Å². The normalized spacial score (nSPS) is 24.8. The molecule has 6 aliphatic heterocycles. The Morgan fingerprint density at radius 2 is 1.69 bits per heavy atom. The Morgan fingerprint density at radius 1 is 0.870 bits per heavy atom. The summed E-state index contributed by atoms with van der Waals surface area (Å²) in [6, 6.07) is 14.8. The number of hydrogen-bond acceptors (Lipinski definition) is 11. The standard InChI is InChI=1S/C40H48FN9O4/c41-40(25-47-17-18-49-29(24-47)21-42-37-34(49)20-32(44-45-37)30-3-1-2-4-35(30)51)11-15-46(16-12-40)22-26-9-13-48(14-10-26)28-6-5-27-23-50(39(54)31(27)19-28)33-7-8-36(52)43-38(33)53/h1-6,19-20,26,29,33,51H,7-18,21-25H2,(H,42,45)(H,43,52,53)/t29-,33?/m0/s1. The number of aromatic nitrogens is 2. The molecule has 284 valence electrons. The molecule has 3 amide bonds. The quantitative estimate of drug-likeness (QED) is 0.309. The van der Waals surface area contributed by atoms with Gasteiger partial charge in [-0.3, -0.25) is 24.6 Å². The van der Waals surface area contributed by atoms with Crippen LogP contribution in [0.2, 0.25) is 0 Å². The van der Waals surface area contributed by atoms with Crippen LogP contribution in [0.25, 0.3) is 11.3 Å². The molecule has 0 saturated carbocycles. The number of hydrogen-bond donors (Lipinski definition) is 3. The first-order valence-corrected chi connectivity index (χ1v) is 19.5. The van der Waals surface area contributed by atoms with Crippen molar-refractivity contribution in [3.8, 4) is 17.0 Å². The molecule has 6 aliphatic rings. The molecule has 54 heavy (non-hydrogen) atoms. The SMILES string of the molecule is O=C1CCC(N2Cc3ccc(N4CCC(CN5CCC(F)(CN6CCN7c8cc(-c9ccccc9O)nnc8NC[C@H]7C6)CC5)CC4)cc3C2=O)C(=O)N1. The molecule has 4 saturated heterocycles. The summed E-state index contributed by atoms with van der Waals surface area (Å²) in [4.78, 5) is 48.5. The second-order valence-corrected chi connectivity index (χ2v) is 16.1. The lowest BCUT2D eigenvalue weighted by Crippen LogP contribution is -2.60. The number of nitrogens with zero attached hydrogens (tertiary/aromatic N) is 7. The van der Waals surface area contributed by atoms with Crippen LogP contribution in [0.3, 0.4) is 0 Å². The van der Waals surface area contributed by atoms with Gasteiger partial charge >= 0.3 is 0 Å². The van der Waals surface area contributed by atoms with Crippen LogP contribution < -0.4 is 20.4 Å². The van der Waals surface area contributed by atoms with Gasteiger partial charge in [0.25, 0.3) is 5.91 Å². The lowest BCUT2D eigenvalue weighted by molar-refractivity contribution is -0.136. The number of nitrogens with one attached hydrogen (secondary N) is 2. The first-order valence-electron chi connectivity index (χ1n) is 19.5. The fourth-order valence-corrected chi connectivity index (χ4v) is 9.49. The predicted octanol–water partition coefficient (Wildman–Crippen LogP) is 3.25. The zero-order chi connectivity index (χ0) is 37.0. The number of phenols is 1. The number of halogens is 1. The Hall–Kier alpha value is -4.82. The minimum atomic E-state index is -1.19. The van der Waals surface area contributed by atoms with Gasteiger partial charge in [-0.1, -0.05) is 18.2 Å². The van der Waals surface area contributed by atoms with Crippen LogP contribution >= 0.6 is 0 Å². The molecule has 2 atom stereocenters. The van der Waals surface area contributed by atoms with Gasteiger partial charge in [0.05, 0.1) is 17.4 Å². The number of piperidine rings is 3. The largest absolute Gasteiger partial charge is 0.507 e. The molecule has 13 nitrogen and oxygen atoms in total. The summed E-state index contributed by atoms with van der Waals surface area (Å²) >= 11 is 0. The van der Waals surface area contributed by atoms with Crippen molar-refractivity contribution in [1.82, 2.24) is 30.2 Å². The number of aromatic hydroxyl groups is 1. The molecule has 14 heteroatoms. The van der Waals surface area contributed by atoms with E-state index < -0.39 is 11.7 Å². The van der Waals surface area contributed by atoms with E-state index in [2.05, 4.69) is 46.5 Å². The zero-order valence-corrected chi connectivity index (χ0v) is 30.6.